The average molecular weight is 178 g/mol. The second-order valence-electron chi connectivity index (χ2n) is 2.89. The predicted octanol–water partition coefficient (Wildman–Crippen LogP) is 1.54. The fourth-order valence-corrected chi connectivity index (χ4v) is 1.47. The van der Waals surface area contributed by atoms with Gasteiger partial charge in [-0.05, 0) is 0 Å². The fourth-order valence-electron chi connectivity index (χ4n) is 1.47. The number of hydrogen-bond acceptors (Lipinski definition) is 3. The summed E-state index contributed by atoms with van der Waals surface area (Å²) in [6, 6.07) is 7.36. The zero-order valence-electron chi connectivity index (χ0n) is 7.32. The number of rotatable bonds is 1. The van der Waals surface area contributed by atoms with Crippen molar-refractivity contribution in [2.45, 2.75) is 6.29 Å². The number of ketones is 1. The average Bonchev–Trinajstić information content (AvgIpc) is 2.19. The van der Waals surface area contributed by atoms with E-state index in [-0.39, 0.29) is 12.4 Å². The predicted molar refractivity (Wildman–Crippen MR) is 46.5 cm³/mol. The summed E-state index contributed by atoms with van der Waals surface area (Å²) in [7, 11) is 1.57. The summed E-state index contributed by atoms with van der Waals surface area (Å²) in [5.41, 5.74) is 1.53. The SMILES string of the molecule is CO[C@@H]1OCC(=O)c2ccccc21. The van der Waals surface area contributed by atoms with Crippen LogP contribution in [0.2, 0.25) is 0 Å². The Bertz CT molecular complexity index is 333. The molecule has 2 rings (SSSR count). The fraction of sp³-hybridized carbons (Fsp3) is 0.300. The van der Waals surface area contributed by atoms with E-state index in [2.05, 4.69) is 0 Å². The van der Waals surface area contributed by atoms with Crippen molar-refractivity contribution in [1.29, 1.82) is 0 Å². The Balaban J connectivity index is 2.47. The molecule has 0 fully saturated rings. The summed E-state index contributed by atoms with van der Waals surface area (Å²) in [5, 5.41) is 0. The lowest BCUT2D eigenvalue weighted by Gasteiger charge is -2.23. The molecular formula is C10H10O3. The van der Waals surface area contributed by atoms with E-state index in [9.17, 15) is 4.79 Å². The van der Waals surface area contributed by atoms with Crippen molar-refractivity contribution in [1.82, 2.24) is 0 Å². The van der Waals surface area contributed by atoms with Gasteiger partial charge in [-0.3, -0.25) is 4.79 Å². The summed E-state index contributed by atoms with van der Waals surface area (Å²) in [4.78, 5) is 11.4. The summed E-state index contributed by atoms with van der Waals surface area (Å²) < 4.78 is 10.3. The molecule has 1 aromatic rings. The number of carbonyl (C=O) groups excluding carboxylic acids is 1. The topological polar surface area (TPSA) is 35.5 Å². The van der Waals surface area contributed by atoms with Gasteiger partial charge in [0.15, 0.2) is 12.1 Å². The van der Waals surface area contributed by atoms with Gasteiger partial charge < -0.3 is 9.47 Å². The van der Waals surface area contributed by atoms with Gasteiger partial charge in [0.1, 0.15) is 6.61 Å². The third kappa shape index (κ3) is 1.36. The maximum absolute atomic E-state index is 11.4. The van der Waals surface area contributed by atoms with Gasteiger partial charge in [-0.1, -0.05) is 24.3 Å². The second kappa shape index (κ2) is 3.28. The molecule has 1 atom stereocenters. The molecule has 0 amide bonds. The number of hydrogen-bond donors (Lipinski definition) is 0. The van der Waals surface area contributed by atoms with Gasteiger partial charge in [-0.2, -0.15) is 0 Å². The van der Waals surface area contributed by atoms with Crippen LogP contribution in [0, 0.1) is 0 Å². The molecule has 0 saturated carbocycles. The van der Waals surface area contributed by atoms with Crippen molar-refractivity contribution < 1.29 is 14.3 Å². The van der Waals surface area contributed by atoms with E-state index < -0.39 is 6.29 Å². The lowest BCUT2D eigenvalue weighted by molar-refractivity contribution is -0.124. The molecule has 0 aromatic heterocycles. The van der Waals surface area contributed by atoms with Gasteiger partial charge in [0.05, 0.1) is 0 Å². The molecule has 13 heavy (non-hydrogen) atoms. The number of methoxy groups -OCH3 is 1. The lowest BCUT2D eigenvalue weighted by atomic mass is 10.0. The zero-order chi connectivity index (χ0) is 9.26. The first-order valence-electron chi connectivity index (χ1n) is 4.09. The highest BCUT2D eigenvalue weighted by Crippen LogP contribution is 2.26. The third-order valence-corrected chi connectivity index (χ3v) is 2.10. The molecule has 68 valence electrons. The third-order valence-electron chi connectivity index (χ3n) is 2.10. The summed E-state index contributed by atoms with van der Waals surface area (Å²) in [6.45, 7) is 0.107. The van der Waals surface area contributed by atoms with Gasteiger partial charge in [0.2, 0.25) is 0 Å². The molecule has 1 aromatic carbocycles. The molecule has 0 bridgehead atoms. The Hall–Kier alpha value is -1.19. The molecule has 0 N–H and O–H groups in total. The van der Waals surface area contributed by atoms with Gasteiger partial charge in [0.25, 0.3) is 0 Å². The largest absolute Gasteiger partial charge is 0.352 e. The molecule has 1 aliphatic rings. The Labute approximate surface area is 76.3 Å². The Morgan fingerprint density at radius 3 is 3.00 bits per heavy atom. The Morgan fingerprint density at radius 2 is 2.23 bits per heavy atom. The van der Waals surface area contributed by atoms with Crippen LogP contribution in [0.4, 0.5) is 0 Å². The number of carbonyl (C=O) groups is 1. The minimum Gasteiger partial charge on any atom is -0.352 e. The van der Waals surface area contributed by atoms with Crippen LogP contribution in [0.1, 0.15) is 22.2 Å². The van der Waals surface area contributed by atoms with Crippen LogP contribution in [0.25, 0.3) is 0 Å². The van der Waals surface area contributed by atoms with Crippen molar-refractivity contribution >= 4 is 5.78 Å². The zero-order valence-corrected chi connectivity index (χ0v) is 7.32. The van der Waals surface area contributed by atoms with E-state index in [4.69, 9.17) is 9.47 Å². The number of ether oxygens (including phenoxy) is 2. The van der Waals surface area contributed by atoms with E-state index in [1.165, 1.54) is 0 Å². The minimum absolute atomic E-state index is 0.0175. The van der Waals surface area contributed by atoms with E-state index in [0.717, 1.165) is 5.56 Å². The molecule has 0 radical (unpaired) electrons. The lowest BCUT2D eigenvalue weighted by Crippen LogP contribution is -2.23. The number of fused-ring (bicyclic) bond motifs is 1. The molecule has 0 aliphatic carbocycles. The molecule has 3 heteroatoms. The quantitative estimate of drug-likeness (QED) is 0.654. The maximum Gasteiger partial charge on any atom is 0.189 e. The van der Waals surface area contributed by atoms with Gasteiger partial charge >= 0.3 is 0 Å². The summed E-state index contributed by atoms with van der Waals surface area (Å²) >= 11 is 0. The number of Topliss-reactive ketones (excluding diaryl/α,β-unsaturated/α-hetero) is 1. The van der Waals surface area contributed by atoms with Gasteiger partial charge in [-0.15, -0.1) is 0 Å². The molecule has 0 unspecified atom stereocenters. The molecule has 3 nitrogen and oxygen atoms in total. The van der Waals surface area contributed by atoms with Crippen LogP contribution in [0.15, 0.2) is 24.3 Å². The summed E-state index contributed by atoms with van der Waals surface area (Å²) in [6.07, 6.45) is -0.395. The molecule has 1 heterocycles. The molecular weight excluding hydrogens is 168 g/mol. The highest BCUT2D eigenvalue weighted by Gasteiger charge is 2.25. The smallest absolute Gasteiger partial charge is 0.189 e. The highest BCUT2D eigenvalue weighted by molar-refractivity contribution is 5.99. The first kappa shape index (κ1) is 8.41. The highest BCUT2D eigenvalue weighted by atomic mass is 16.7. The maximum atomic E-state index is 11.4. The minimum atomic E-state index is -0.395. The van der Waals surface area contributed by atoms with Gasteiger partial charge in [-0.25, -0.2) is 0 Å². The normalized spacial score (nSPS) is 21.3. The van der Waals surface area contributed by atoms with Crippen LogP contribution >= 0.6 is 0 Å². The van der Waals surface area contributed by atoms with Crippen LogP contribution < -0.4 is 0 Å². The van der Waals surface area contributed by atoms with Gasteiger partial charge in [0, 0.05) is 18.2 Å². The van der Waals surface area contributed by atoms with Crippen LogP contribution in [0.3, 0.4) is 0 Å². The first-order chi connectivity index (χ1) is 6.33. The molecule has 0 spiro atoms. The Kier molecular flexibility index (Phi) is 2.12. The van der Waals surface area contributed by atoms with Crippen LogP contribution in [-0.4, -0.2) is 19.5 Å². The van der Waals surface area contributed by atoms with Crippen LogP contribution in [0.5, 0.6) is 0 Å². The van der Waals surface area contributed by atoms with E-state index in [1.54, 1.807) is 13.2 Å². The molecule has 0 saturated heterocycles. The Morgan fingerprint density at radius 1 is 1.46 bits per heavy atom. The summed E-state index contributed by atoms with van der Waals surface area (Å²) in [5.74, 6) is 0.0175. The van der Waals surface area contributed by atoms with Crippen molar-refractivity contribution in [3.63, 3.8) is 0 Å². The monoisotopic (exact) mass is 178 g/mol. The molecule has 1 aliphatic heterocycles. The van der Waals surface area contributed by atoms with Crippen molar-refractivity contribution in [2.75, 3.05) is 13.7 Å². The van der Waals surface area contributed by atoms with Crippen molar-refractivity contribution in [2.24, 2.45) is 0 Å². The van der Waals surface area contributed by atoms with Crippen molar-refractivity contribution in [3.05, 3.63) is 35.4 Å². The number of benzene rings is 1. The van der Waals surface area contributed by atoms with Crippen molar-refractivity contribution in [3.8, 4) is 0 Å². The van der Waals surface area contributed by atoms with E-state index in [0.29, 0.717) is 5.56 Å². The second-order valence-corrected chi connectivity index (χ2v) is 2.89. The van der Waals surface area contributed by atoms with E-state index >= 15 is 0 Å². The first-order valence-corrected chi connectivity index (χ1v) is 4.09. The van der Waals surface area contributed by atoms with E-state index in [1.807, 2.05) is 18.2 Å². The standard InChI is InChI=1S/C10H10O3/c1-12-10-8-5-3-2-4-7(8)9(11)6-13-10/h2-5,10H,6H2,1H3/t10-/m1/s1. The van der Waals surface area contributed by atoms with Crippen LogP contribution in [-0.2, 0) is 9.47 Å².